The second-order valence-electron chi connectivity index (χ2n) is 1.70. The number of hydrogen-bond acceptors (Lipinski definition) is 3. The first-order chi connectivity index (χ1) is 4.63. The minimum absolute atomic E-state index is 0.405. The highest BCUT2D eigenvalue weighted by atomic mass is 16.4. The molecule has 0 saturated heterocycles. The van der Waals surface area contributed by atoms with Crippen molar-refractivity contribution in [3.63, 3.8) is 0 Å². The maximum Gasteiger partial charge on any atom is 0.356 e. The fourth-order valence-electron chi connectivity index (χ4n) is 0.568. The summed E-state index contributed by atoms with van der Waals surface area (Å²) in [5.74, 6) is -2.40. The molecule has 5 nitrogen and oxygen atoms in total. The van der Waals surface area contributed by atoms with E-state index in [1.165, 1.54) is 0 Å². The maximum absolute atomic E-state index is 10.1. The highest BCUT2D eigenvalue weighted by Gasteiger charge is 2.14. The van der Waals surface area contributed by atoms with E-state index >= 15 is 0 Å². The molecule has 4 N–H and O–H groups in total. The molecule has 1 aromatic rings. The van der Waals surface area contributed by atoms with E-state index in [-0.39, 0.29) is 0 Å². The van der Waals surface area contributed by atoms with Gasteiger partial charge in [0.15, 0.2) is 17.2 Å². The van der Waals surface area contributed by atoms with Crippen LogP contribution in [0.5, 0.6) is 11.5 Å². The summed E-state index contributed by atoms with van der Waals surface area (Å²) in [6, 6.07) is 0. The van der Waals surface area contributed by atoms with Crippen molar-refractivity contribution in [3.05, 3.63) is 11.9 Å². The second kappa shape index (κ2) is 1.94. The summed E-state index contributed by atoms with van der Waals surface area (Å²) in [6.07, 6.45) is 0.999. The Morgan fingerprint density at radius 2 is 2.10 bits per heavy atom. The van der Waals surface area contributed by atoms with Gasteiger partial charge in [-0.15, -0.1) is 0 Å². The van der Waals surface area contributed by atoms with Crippen molar-refractivity contribution in [1.29, 1.82) is 0 Å². The molecule has 0 aliphatic carbocycles. The van der Waals surface area contributed by atoms with Crippen LogP contribution in [0, 0.1) is 0 Å². The SMILES string of the molecule is O=C(O)c1[nH]cc(O)c1O. The van der Waals surface area contributed by atoms with Crippen LogP contribution in [-0.4, -0.2) is 26.3 Å². The molecule has 1 aromatic heterocycles. The number of aromatic nitrogens is 1. The largest absolute Gasteiger partial charge is 0.503 e. The van der Waals surface area contributed by atoms with Gasteiger partial charge in [-0.05, 0) is 0 Å². The molecule has 0 radical (unpaired) electrons. The summed E-state index contributed by atoms with van der Waals surface area (Å²) in [4.78, 5) is 12.3. The zero-order valence-electron chi connectivity index (χ0n) is 4.83. The molecule has 5 heteroatoms. The van der Waals surface area contributed by atoms with Gasteiger partial charge >= 0.3 is 5.97 Å². The van der Waals surface area contributed by atoms with Crippen LogP contribution in [0.3, 0.4) is 0 Å². The number of carboxylic acid groups (broad SMARTS) is 1. The lowest BCUT2D eigenvalue weighted by Gasteiger charge is -1.88. The highest BCUT2D eigenvalue weighted by molar-refractivity contribution is 5.89. The molecule has 1 heterocycles. The van der Waals surface area contributed by atoms with E-state index < -0.39 is 23.2 Å². The molecule has 0 atom stereocenters. The Morgan fingerprint density at radius 3 is 2.30 bits per heavy atom. The lowest BCUT2D eigenvalue weighted by Crippen LogP contribution is -1.95. The Balaban J connectivity index is 3.17. The molecule has 1 rings (SSSR count). The molecule has 0 aromatic carbocycles. The Labute approximate surface area is 55.5 Å². The van der Waals surface area contributed by atoms with Gasteiger partial charge in [0.05, 0.1) is 0 Å². The van der Waals surface area contributed by atoms with Gasteiger partial charge in [0, 0.05) is 6.20 Å². The number of nitrogens with one attached hydrogen (secondary N) is 1. The lowest BCUT2D eigenvalue weighted by atomic mass is 10.4. The number of aromatic amines is 1. The molecule has 0 spiro atoms. The summed E-state index contributed by atoms with van der Waals surface area (Å²) >= 11 is 0. The van der Waals surface area contributed by atoms with Crippen LogP contribution >= 0.6 is 0 Å². The highest BCUT2D eigenvalue weighted by Crippen LogP contribution is 2.27. The predicted molar refractivity (Wildman–Crippen MR) is 31.1 cm³/mol. The van der Waals surface area contributed by atoms with Gasteiger partial charge in [-0.1, -0.05) is 0 Å². The number of hydrogen-bond donors (Lipinski definition) is 4. The molecule has 0 fully saturated rings. The molecule has 10 heavy (non-hydrogen) atoms. The molecule has 54 valence electrons. The summed E-state index contributed by atoms with van der Waals surface area (Å²) < 4.78 is 0. The average Bonchev–Trinajstić information content (AvgIpc) is 2.14. The third-order valence-corrected chi connectivity index (χ3v) is 1.05. The second-order valence-corrected chi connectivity index (χ2v) is 1.70. The topological polar surface area (TPSA) is 93.5 Å². The minimum atomic E-state index is -1.31. The van der Waals surface area contributed by atoms with Crippen molar-refractivity contribution in [1.82, 2.24) is 4.98 Å². The summed E-state index contributed by atoms with van der Waals surface area (Å²) in [5.41, 5.74) is -0.405. The van der Waals surface area contributed by atoms with Gasteiger partial charge in [-0.2, -0.15) is 0 Å². The molecule has 0 aliphatic rings. The normalized spacial score (nSPS) is 9.60. The zero-order valence-corrected chi connectivity index (χ0v) is 4.83. The van der Waals surface area contributed by atoms with Gasteiger partial charge in [-0.25, -0.2) is 4.79 Å². The van der Waals surface area contributed by atoms with E-state index in [9.17, 15) is 4.79 Å². The number of aromatic carboxylic acids is 1. The lowest BCUT2D eigenvalue weighted by molar-refractivity contribution is 0.0687. The predicted octanol–water partition coefficient (Wildman–Crippen LogP) is 0.124. The van der Waals surface area contributed by atoms with E-state index in [1.807, 2.05) is 0 Å². The van der Waals surface area contributed by atoms with Gasteiger partial charge < -0.3 is 20.3 Å². The number of carboxylic acids is 1. The standard InChI is InChI=1S/C5H5NO4/c7-2-1-6-3(4(2)8)5(9)10/h1,6-8H,(H,9,10). The van der Waals surface area contributed by atoms with Gasteiger partial charge in [-0.3, -0.25) is 0 Å². The van der Waals surface area contributed by atoms with Crippen LogP contribution < -0.4 is 0 Å². The van der Waals surface area contributed by atoms with E-state index in [4.69, 9.17) is 15.3 Å². The van der Waals surface area contributed by atoms with Crippen LogP contribution in [-0.2, 0) is 0 Å². The molecule has 0 unspecified atom stereocenters. The first-order valence-electron chi connectivity index (χ1n) is 2.45. The van der Waals surface area contributed by atoms with Gasteiger partial charge in [0.2, 0.25) is 0 Å². The average molecular weight is 143 g/mol. The third-order valence-electron chi connectivity index (χ3n) is 1.05. The summed E-state index contributed by atoms with van der Waals surface area (Å²) in [5, 5.41) is 25.7. The molecule has 0 saturated carbocycles. The van der Waals surface area contributed by atoms with Crippen LogP contribution in [0.25, 0.3) is 0 Å². The Hall–Kier alpha value is -1.65. The van der Waals surface area contributed by atoms with Gasteiger partial charge in [0.25, 0.3) is 0 Å². The smallest absolute Gasteiger partial charge is 0.356 e. The van der Waals surface area contributed by atoms with Crippen molar-refractivity contribution in [2.24, 2.45) is 0 Å². The van der Waals surface area contributed by atoms with Crippen LogP contribution in [0.1, 0.15) is 10.5 Å². The fraction of sp³-hybridized carbons (Fsp3) is 0. The van der Waals surface area contributed by atoms with Crippen LogP contribution in [0.15, 0.2) is 6.20 Å². The van der Waals surface area contributed by atoms with E-state index in [0.717, 1.165) is 6.20 Å². The molecular weight excluding hydrogens is 138 g/mol. The quantitative estimate of drug-likeness (QED) is 0.449. The Morgan fingerprint density at radius 1 is 1.50 bits per heavy atom. The first-order valence-corrected chi connectivity index (χ1v) is 2.45. The van der Waals surface area contributed by atoms with Crippen molar-refractivity contribution in [2.75, 3.05) is 0 Å². The van der Waals surface area contributed by atoms with E-state index in [0.29, 0.717) is 0 Å². The summed E-state index contributed by atoms with van der Waals surface area (Å²) in [6.45, 7) is 0. The minimum Gasteiger partial charge on any atom is -0.503 e. The summed E-state index contributed by atoms with van der Waals surface area (Å²) in [7, 11) is 0. The molecule has 0 bridgehead atoms. The van der Waals surface area contributed by atoms with Crippen molar-refractivity contribution < 1.29 is 20.1 Å². The molecule has 0 amide bonds. The number of aromatic hydroxyl groups is 2. The molecular formula is C5H5NO4. The molecule has 0 aliphatic heterocycles. The third kappa shape index (κ3) is 0.771. The zero-order chi connectivity index (χ0) is 7.72. The number of carbonyl (C=O) groups is 1. The van der Waals surface area contributed by atoms with Gasteiger partial charge in [0.1, 0.15) is 0 Å². The number of H-pyrrole nitrogens is 1. The maximum atomic E-state index is 10.1. The monoisotopic (exact) mass is 143 g/mol. The van der Waals surface area contributed by atoms with Crippen molar-refractivity contribution >= 4 is 5.97 Å². The number of rotatable bonds is 1. The first kappa shape index (κ1) is 6.47. The van der Waals surface area contributed by atoms with Crippen molar-refractivity contribution in [3.8, 4) is 11.5 Å². The Kier molecular flexibility index (Phi) is 1.26. The Bertz CT molecular complexity index is 265. The van der Waals surface area contributed by atoms with E-state index in [1.54, 1.807) is 0 Å². The van der Waals surface area contributed by atoms with Crippen molar-refractivity contribution in [2.45, 2.75) is 0 Å². The fourth-order valence-corrected chi connectivity index (χ4v) is 0.568. The van der Waals surface area contributed by atoms with Crippen LogP contribution in [0.2, 0.25) is 0 Å². The van der Waals surface area contributed by atoms with Crippen LogP contribution in [0.4, 0.5) is 0 Å². The van der Waals surface area contributed by atoms with E-state index in [2.05, 4.69) is 4.98 Å².